The Bertz CT molecular complexity index is 571. The zero-order valence-corrected chi connectivity index (χ0v) is 12.5. The van der Waals surface area contributed by atoms with Crippen LogP contribution in [-0.4, -0.2) is 13.7 Å². The summed E-state index contributed by atoms with van der Waals surface area (Å²) in [6.45, 7) is 2.61. The highest BCUT2D eigenvalue weighted by Gasteiger charge is 2.13. The van der Waals surface area contributed by atoms with Crippen LogP contribution in [-0.2, 0) is 6.42 Å². The Morgan fingerprint density at radius 1 is 1.35 bits per heavy atom. The van der Waals surface area contributed by atoms with Gasteiger partial charge in [0.2, 0.25) is 0 Å². The first-order valence-electron chi connectivity index (χ1n) is 6.56. The molecule has 0 aliphatic carbocycles. The molecule has 0 amide bonds. The molecule has 3 N–H and O–H groups in total. The zero-order valence-electron chi connectivity index (χ0n) is 11.7. The van der Waals surface area contributed by atoms with Crippen molar-refractivity contribution in [3.8, 4) is 5.75 Å². The van der Waals surface area contributed by atoms with Crippen molar-refractivity contribution in [2.45, 2.75) is 19.4 Å². The van der Waals surface area contributed by atoms with Gasteiger partial charge in [-0.1, -0.05) is 6.92 Å². The van der Waals surface area contributed by atoms with Crippen LogP contribution >= 0.6 is 11.3 Å². The number of hydrogen-bond donors (Lipinski definition) is 2. The molecule has 3 nitrogen and oxygen atoms in total. The smallest absolute Gasteiger partial charge is 0.165 e. The lowest BCUT2D eigenvalue weighted by Crippen LogP contribution is -2.19. The number of thiophene rings is 1. The fourth-order valence-electron chi connectivity index (χ4n) is 1.97. The maximum absolute atomic E-state index is 13.4. The minimum absolute atomic E-state index is 0.0236. The Labute approximate surface area is 122 Å². The Balaban J connectivity index is 2.17. The van der Waals surface area contributed by atoms with E-state index in [-0.39, 0.29) is 17.6 Å². The number of rotatable bonds is 6. The summed E-state index contributed by atoms with van der Waals surface area (Å²) in [5, 5.41) is 3.32. The van der Waals surface area contributed by atoms with Crippen molar-refractivity contribution < 1.29 is 9.13 Å². The van der Waals surface area contributed by atoms with E-state index in [1.165, 1.54) is 22.9 Å². The molecule has 1 heterocycles. The Kier molecular flexibility index (Phi) is 4.98. The Hall–Kier alpha value is -1.59. The second-order valence-corrected chi connectivity index (χ2v) is 5.64. The molecule has 0 aliphatic heterocycles. The molecule has 0 aliphatic rings. The second kappa shape index (κ2) is 6.72. The van der Waals surface area contributed by atoms with Gasteiger partial charge in [-0.05, 0) is 30.7 Å². The first-order chi connectivity index (χ1) is 9.67. The van der Waals surface area contributed by atoms with Crippen molar-refractivity contribution in [3.05, 3.63) is 45.9 Å². The molecule has 0 bridgehead atoms. The van der Waals surface area contributed by atoms with E-state index in [1.54, 1.807) is 23.5 Å². The first kappa shape index (κ1) is 14.8. The quantitative estimate of drug-likeness (QED) is 0.856. The van der Waals surface area contributed by atoms with Gasteiger partial charge in [-0.15, -0.1) is 11.3 Å². The molecule has 5 heteroatoms. The summed E-state index contributed by atoms with van der Waals surface area (Å²) < 4.78 is 18.4. The summed E-state index contributed by atoms with van der Waals surface area (Å²) in [4.78, 5) is 2.52. The van der Waals surface area contributed by atoms with Gasteiger partial charge in [0.25, 0.3) is 0 Å². The summed E-state index contributed by atoms with van der Waals surface area (Å²) in [5.74, 6) is -0.141. The number of methoxy groups -OCH3 is 1. The fraction of sp³-hybridized carbons (Fsp3) is 0.333. The van der Waals surface area contributed by atoms with Gasteiger partial charge < -0.3 is 15.8 Å². The number of anilines is 1. The third kappa shape index (κ3) is 3.29. The van der Waals surface area contributed by atoms with E-state index in [4.69, 9.17) is 10.5 Å². The van der Waals surface area contributed by atoms with Crippen molar-refractivity contribution >= 4 is 17.0 Å². The molecular formula is C15H19FN2OS. The Morgan fingerprint density at radius 3 is 2.75 bits per heavy atom. The SMILES string of the molecule is CCc1ccc(C(CN)Nc2ccc(F)c(OC)c2)s1. The normalized spacial score (nSPS) is 12.2. The number of benzene rings is 1. The van der Waals surface area contributed by atoms with Gasteiger partial charge in [0, 0.05) is 28.1 Å². The Morgan fingerprint density at radius 2 is 2.15 bits per heavy atom. The molecule has 108 valence electrons. The molecule has 1 aromatic heterocycles. The third-order valence-corrected chi connectivity index (χ3v) is 4.45. The summed E-state index contributed by atoms with van der Waals surface area (Å²) in [6.07, 6.45) is 1.02. The van der Waals surface area contributed by atoms with Crippen LogP contribution in [0.3, 0.4) is 0 Å². The second-order valence-electron chi connectivity index (χ2n) is 4.44. The number of nitrogens with one attached hydrogen (secondary N) is 1. The van der Waals surface area contributed by atoms with E-state index in [0.29, 0.717) is 6.54 Å². The predicted octanol–water partition coefficient (Wildman–Crippen LogP) is 3.57. The van der Waals surface area contributed by atoms with E-state index in [0.717, 1.165) is 12.1 Å². The number of nitrogens with two attached hydrogens (primary N) is 1. The molecule has 0 saturated heterocycles. The maximum Gasteiger partial charge on any atom is 0.165 e. The highest BCUT2D eigenvalue weighted by atomic mass is 32.1. The van der Waals surface area contributed by atoms with Crippen molar-refractivity contribution in [2.24, 2.45) is 5.73 Å². The molecule has 1 atom stereocenters. The molecule has 1 unspecified atom stereocenters. The molecule has 2 rings (SSSR count). The lowest BCUT2D eigenvalue weighted by atomic mass is 10.2. The highest BCUT2D eigenvalue weighted by molar-refractivity contribution is 7.12. The fourth-order valence-corrected chi connectivity index (χ4v) is 2.99. The molecule has 0 radical (unpaired) electrons. The molecule has 0 saturated carbocycles. The summed E-state index contributed by atoms with van der Waals surface area (Å²) in [5.41, 5.74) is 6.64. The summed E-state index contributed by atoms with van der Waals surface area (Å²) in [6, 6.07) is 8.96. The van der Waals surface area contributed by atoms with E-state index in [9.17, 15) is 4.39 Å². The molecule has 20 heavy (non-hydrogen) atoms. The van der Waals surface area contributed by atoms with Crippen LogP contribution in [0.4, 0.5) is 10.1 Å². The van der Waals surface area contributed by atoms with Gasteiger partial charge in [0.05, 0.1) is 13.2 Å². The highest BCUT2D eigenvalue weighted by Crippen LogP contribution is 2.28. The van der Waals surface area contributed by atoms with Crippen LogP contribution < -0.4 is 15.8 Å². The number of ether oxygens (including phenoxy) is 1. The molecular weight excluding hydrogens is 275 g/mol. The molecule has 1 aromatic carbocycles. The van der Waals surface area contributed by atoms with Crippen LogP contribution in [0, 0.1) is 5.82 Å². The number of halogens is 1. The van der Waals surface area contributed by atoms with E-state index in [2.05, 4.69) is 24.4 Å². The van der Waals surface area contributed by atoms with Crippen molar-refractivity contribution in [1.29, 1.82) is 0 Å². The topological polar surface area (TPSA) is 47.3 Å². The third-order valence-electron chi connectivity index (χ3n) is 3.10. The van der Waals surface area contributed by atoms with Crippen LogP contribution in [0.1, 0.15) is 22.7 Å². The minimum atomic E-state index is -0.369. The van der Waals surface area contributed by atoms with Gasteiger partial charge in [0.1, 0.15) is 0 Å². The summed E-state index contributed by atoms with van der Waals surface area (Å²) in [7, 11) is 1.45. The van der Waals surface area contributed by atoms with Crippen molar-refractivity contribution in [3.63, 3.8) is 0 Å². The number of hydrogen-bond acceptors (Lipinski definition) is 4. The zero-order chi connectivity index (χ0) is 14.5. The van der Waals surface area contributed by atoms with Crippen LogP contribution in [0.2, 0.25) is 0 Å². The predicted molar refractivity (Wildman–Crippen MR) is 82.1 cm³/mol. The standard InChI is InChI=1S/C15H19FN2OS/c1-3-11-5-7-15(20-11)13(9-17)18-10-4-6-12(16)14(8-10)19-2/h4-8,13,18H,3,9,17H2,1-2H3. The average molecular weight is 294 g/mol. The van der Waals surface area contributed by atoms with E-state index >= 15 is 0 Å². The van der Waals surface area contributed by atoms with Crippen molar-refractivity contribution in [1.82, 2.24) is 0 Å². The van der Waals surface area contributed by atoms with Gasteiger partial charge in [0.15, 0.2) is 11.6 Å². The van der Waals surface area contributed by atoms with Gasteiger partial charge in [-0.3, -0.25) is 0 Å². The van der Waals surface area contributed by atoms with E-state index in [1.807, 2.05) is 0 Å². The largest absolute Gasteiger partial charge is 0.494 e. The maximum atomic E-state index is 13.4. The van der Waals surface area contributed by atoms with Crippen LogP contribution in [0.25, 0.3) is 0 Å². The van der Waals surface area contributed by atoms with Crippen LogP contribution in [0.5, 0.6) is 5.75 Å². The number of aryl methyl sites for hydroxylation is 1. The lowest BCUT2D eigenvalue weighted by molar-refractivity contribution is 0.387. The van der Waals surface area contributed by atoms with Gasteiger partial charge in [-0.2, -0.15) is 0 Å². The van der Waals surface area contributed by atoms with E-state index < -0.39 is 0 Å². The molecule has 0 fully saturated rings. The summed E-state index contributed by atoms with van der Waals surface area (Å²) >= 11 is 1.75. The minimum Gasteiger partial charge on any atom is -0.494 e. The first-order valence-corrected chi connectivity index (χ1v) is 7.38. The van der Waals surface area contributed by atoms with Crippen molar-refractivity contribution in [2.75, 3.05) is 19.0 Å². The monoisotopic (exact) mass is 294 g/mol. The van der Waals surface area contributed by atoms with Crippen LogP contribution in [0.15, 0.2) is 30.3 Å². The lowest BCUT2D eigenvalue weighted by Gasteiger charge is -2.17. The van der Waals surface area contributed by atoms with Gasteiger partial charge in [-0.25, -0.2) is 4.39 Å². The molecule has 2 aromatic rings. The average Bonchev–Trinajstić information content (AvgIpc) is 2.95. The molecule has 0 spiro atoms. The van der Waals surface area contributed by atoms with Gasteiger partial charge >= 0.3 is 0 Å².